The number of hydrogen-bond donors (Lipinski definition) is 1. The van der Waals surface area contributed by atoms with E-state index in [4.69, 9.17) is 10.2 Å². The molecule has 0 bridgehead atoms. The SMILES string of the molecule is C[C@@H](N)c1cc(O[Si](C)(C)C(C)(C)C)cc(C(F)F)c1F. The third-order valence-electron chi connectivity index (χ3n) is 4.01. The fraction of sp³-hybridized carbons (Fsp3) is 0.600. The summed E-state index contributed by atoms with van der Waals surface area (Å²) in [6, 6.07) is 1.85. The zero-order valence-electron chi connectivity index (χ0n) is 13.4. The number of benzene rings is 1. The second-order valence-electron chi connectivity index (χ2n) is 6.87. The van der Waals surface area contributed by atoms with E-state index in [1.807, 2.05) is 33.9 Å². The minimum absolute atomic E-state index is 0.0570. The van der Waals surface area contributed by atoms with Gasteiger partial charge >= 0.3 is 0 Å². The van der Waals surface area contributed by atoms with Crippen molar-refractivity contribution in [3.63, 3.8) is 0 Å². The molecule has 1 rings (SSSR count). The maximum absolute atomic E-state index is 14.0. The molecular weight excluding hydrogens is 295 g/mol. The largest absolute Gasteiger partial charge is 0.543 e. The molecule has 0 saturated carbocycles. The molecule has 0 aliphatic heterocycles. The number of halogens is 3. The van der Waals surface area contributed by atoms with Gasteiger partial charge in [0, 0.05) is 11.6 Å². The van der Waals surface area contributed by atoms with Crippen LogP contribution in [-0.4, -0.2) is 8.32 Å². The Hall–Kier alpha value is -1.01. The maximum atomic E-state index is 14.0. The Bertz CT molecular complexity index is 481. The molecule has 0 aliphatic carbocycles. The maximum Gasteiger partial charge on any atom is 0.266 e. The smallest absolute Gasteiger partial charge is 0.266 e. The summed E-state index contributed by atoms with van der Waals surface area (Å²) < 4.78 is 46.0. The molecule has 21 heavy (non-hydrogen) atoms. The number of hydrogen-bond acceptors (Lipinski definition) is 2. The standard InChI is InChI=1S/C15H24F3NOSi/c1-9(19)11-7-10(8-12(13(11)16)14(17)18)20-21(5,6)15(2,3)4/h7-9,14H,19H2,1-6H3/t9-/m1/s1. The quantitative estimate of drug-likeness (QED) is 0.777. The van der Waals surface area contributed by atoms with E-state index in [1.165, 1.54) is 6.07 Å². The first kappa shape index (κ1) is 18.0. The highest BCUT2D eigenvalue weighted by molar-refractivity contribution is 6.74. The minimum atomic E-state index is -2.90. The average molecular weight is 319 g/mol. The van der Waals surface area contributed by atoms with Crippen LogP contribution in [0.3, 0.4) is 0 Å². The average Bonchev–Trinajstić information content (AvgIpc) is 2.28. The van der Waals surface area contributed by atoms with Gasteiger partial charge in [0.1, 0.15) is 11.6 Å². The summed E-state index contributed by atoms with van der Waals surface area (Å²) in [4.78, 5) is 0. The Kier molecular flexibility index (Phi) is 5.16. The summed E-state index contributed by atoms with van der Waals surface area (Å²) in [6.07, 6.45) is -2.90. The van der Waals surface area contributed by atoms with Crippen LogP contribution in [-0.2, 0) is 0 Å². The molecule has 0 heterocycles. The lowest BCUT2D eigenvalue weighted by atomic mass is 10.0. The van der Waals surface area contributed by atoms with E-state index in [1.54, 1.807) is 6.92 Å². The summed E-state index contributed by atoms with van der Waals surface area (Å²) in [5.41, 5.74) is 5.08. The van der Waals surface area contributed by atoms with Gasteiger partial charge in [-0.25, -0.2) is 13.2 Å². The predicted molar refractivity (Wildman–Crippen MR) is 81.8 cm³/mol. The highest BCUT2D eigenvalue weighted by atomic mass is 28.4. The van der Waals surface area contributed by atoms with Gasteiger partial charge in [0.05, 0.1) is 5.56 Å². The molecule has 0 saturated heterocycles. The lowest BCUT2D eigenvalue weighted by molar-refractivity contribution is 0.145. The highest BCUT2D eigenvalue weighted by Crippen LogP contribution is 2.39. The number of alkyl halides is 2. The molecule has 0 aromatic heterocycles. The lowest BCUT2D eigenvalue weighted by Gasteiger charge is -2.36. The summed E-state index contributed by atoms with van der Waals surface area (Å²) >= 11 is 0. The van der Waals surface area contributed by atoms with Crippen molar-refractivity contribution in [1.29, 1.82) is 0 Å². The van der Waals surface area contributed by atoms with E-state index in [0.29, 0.717) is 0 Å². The fourth-order valence-corrected chi connectivity index (χ4v) is 2.65. The van der Waals surface area contributed by atoms with Crippen molar-refractivity contribution in [3.05, 3.63) is 29.1 Å². The molecule has 120 valence electrons. The molecule has 0 amide bonds. The lowest BCUT2D eigenvalue weighted by Crippen LogP contribution is -2.43. The van der Waals surface area contributed by atoms with Crippen molar-refractivity contribution in [2.75, 3.05) is 0 Å². The Labute approximate surface area is 125 Å². The van der Waals surface area contributed by atoms with Gasteiger partial charge in [-0.05, 0) is 37.2 Å². The van der Waals surface area contributed by atoms with Gasteiger partial charge in [0.2, 0.25) is 8.32 Å². The van der Waals surface area contributed by atoms with Crippen molar-refractivity contribution in [1.82, 2.24) is 0 Å². The molecule has 6 heteroatoms. The molecule has 0 unspecified atom stereocenters. The van der Waals surface area contributed by atoms with Crippen LogP contribution in [0.4, 0.5) is 13.2 Å². The van der Waals surface area contributed by atoms with Gasteiger partial charge in [-0.15, -0.1) is 0 Å². The van der Waals surface area contributed by atoms with E-state index in [-0.39, 0.29) is 16.4 Å². The van der Waals surface area contributed by atoms with Crippen molar-refractivity contribution < 1.29 is 17.6 Å². The van der Waals surface area contributed by atoms with E-state index in [2.05, 4.69) is 0 Å². The Morgan fingerprint density at radius 3 is 2.00 bits per heavy atom. The topological polar surface area (TPSA) is 35.2 Å². The van der Waals surface area contributed by atoms with Gasteiger partial charge in [-0.3, -0.25) is 0 Å². The molecule has 1 aromatic rings. The van der Waals surface area contributed by atoms with Crippen LogP contribution in [0, 0.1) is 5.82 Å². The van der Waals surface area contributed by atoms with Crippen LogP contribution in [0.2, 0.25) is 18.1 Å². The molecule has 0 aliphatic rings. The third kappa shape index (κ3) is 4.00. The zero-order chi connectivity index (χ0) is 16.6. The van der Waals surface area contributed by atoms with Gasteiger partial charge in [0.25, 0.3) is 6.43 Å². The molecule has 0 fully saturated rings. The predicted octanol–water partition coefficient (Wildman–Crippen LogP) is 5.17. The van der Waals surface area contributed by atoms with Gasteiger partial charge in [-0.1, -0.05) is 20.8 Å². The third-order valence-corrected chi connectivity index (χ3v) is 8.37. The fourth-order valence-electron chi connectivity index (χ4n) is 1.64. The molecule has 0 spiro atoms. The summed E-state index contributed by atoms with van der Waals surface area (Å²) in [5.74, 6) is -0.673. The van der Waals surface area contributed by atoms with E-state index in [0.717, 1.165) is 6.07 Å². The van der Waals surface area contributed by atoms with Crippen LogP contribution in [0.5, 0.6) is 5.75 Å². The van der Waals surface area contributed by atoms with Crippen LogP contribution in [0.15, 0.2) is 12.1 Å². The van der Waals surface area contributed by atoms with Crippen LogP contribution < -0.4 is 10.2 Å². The summed E-state index contributed by atoms with van der Waals surface area (Å²) in [6.45, 7) is 11.7. The van der Waals surface area contributed by atoms with Crippen LogP contribution in [0.25, 0.3) is 0 Å². The second-order valence-corrected chi connectivity index (χ2v) is 11.6. The van der Waals surface area contributed by atoms with Crippen molar-refractivity contribution in [2.45, 2.75) is 58.3 Å². The van der Waals surface area contributed by atoms with Gasteiger partial charge in [-0.2, -0.15) is 0 Å². The highest BCUT2D eigenvalue weighted by Gasteiger charge is 2.39. The minimum Gasteiger partial charge on any atom is -0.543 e. The van der Waals surface area contributed by atoms with E-state index < -0.39 is 32.2 Å². The van der Waals surface area contributed by atoms with Crippen molar-refractivity contribution in [2.24, 2.45) is 5.73 Å². The van der Waals surface area contributed by atoms with Crippen LogP contribution in [0.1, 0.15) is 51.3 Å². The number of rotatable bonds is 4. The number of nitrogens with two attached hydrogens (primary N) is 1. The molecule has 2 N–H and O–H groups in total. The zero-order valence-corrected chi connectivity index (χ0v) is 14.4. The molecule has 0 radical (unpaired) electrons. The van der Waals surface area contributed by atoms with Gasteiger partial charge in [0.15, 0.2) is 0 Å². The van der Waals surface area contributed by atoms with Crippen molar-refractivity contribution >= 4 is 8.32 Å². The van der Waals surface area contributed by atoms with E-state index >= 15 is 0 Å². The Morgan fingerprint density at radius 2 is 1.62 bits per heavy atom. The molecule has 1 aromatic carbocycles. The van der Waals surface area contributed by atoms with Crippen molar-refractivity contribution in [3.8, 4) is 5.75 Å². The van der Waals surface area contributed by atoms with E-state index in [9.17, 15) is 13.2 Å². The summed E-state index contributed by atoms with van der Waals surface area (Å²) in [7, 11) is -2.19. The Balaban J connectivity index is 3.32. The molecule has 1 atom stereocenters. The normalized spacial score (nSPS) is 14.4. The molecular formula is C15H24F3NOSi. The second kappa shape index (κ2) is 6.00. The van der Waals surface area contributed by atoms with Crippen LogP contribution >= 0.6 is 0 Å². The first-order valence-corrected chi connectivity index (χ1v) is 9.83. The Morgan fingerprint density at radius 1 is 1.14 bits per heavy atom. The summed E-state index contributed by atoms with van der Waals surface area (Å²) in [5, 5.41) is -0.0825. The monoisotopic (exact) mass is 319 g/mol. The molecule has 2 nitrogen and oxygen atoms in total. The van der Waals surface area contributed by atoms with Gasteiger partial charge < -0.3 is 10.2 Å². The first-order valence-electron chi connectivity index (χ1n) is 6.93. The first-order chi connectivity index (χ1) is 9.36.